The fourth-order valence-corrected chi connectivity index (χ4v) is 2.71. The molecule has 5 atom stereocenters. The first-order valence-corrected chi connectivity index (χ1v) is 10.3. The molecule has 0 rings (SSSR count). The molecule has 0 aromatic carbocycles. The number of amides is 3. The van der Waals surface area contributed by atoms with Crippen molar-refractivity contribution in [3.05, 3.63) is 0 Å². The maximum atomic E-state index is 12.9. The number of rotatable bonds is 15. The lowest BCUT2D eigenvalue weighted by Gasteiger charge is -2.28. The fourth-order valence-electron chi connectivity index (χ4n) is 2.71. The number of aliphatic hydroxyl groups is 1. The van der Waals surface area contributed by atoms with Gasteiger partial charge in [0.25, 0.3) is 0 Å². The number of carboxylic acids is 1. The van der Waals surface area contributed by atoms with Crippen molar-refractivity contribution in [3.63, 3.8) is 0 Å². The minimum atomic E-state index is -1.19. The highest BCUT2D eigenvalue weighted by Gasteiger charge is 2.32. The van der Waals surface area contributed by atoms with Gasteiger partial charge >= 0.3 is 5.97 Å². The molecular weight excluding hydrogens is 408 g/mol. The molecule has 0 fully saturated rings. The zero-order valence-electron chi connectivity index (χ0n) is 18.5. The number of hydrogen-bond acceptors (Lipinski definition) is 7. The van der Waals surface area contributed by atoms with E-state index in [1.165, 1.54) is 0 Å². The Hall–Kier alpha value is -2.53. The van der Waals surface area contributed by atoms with Crippen LogP contribution >= 0.6 is 0 Å². The number of carbonyl (C=O) groups is 4. The lowest BCUT2D eigenvalue weighted by Crippen LogP contribution is -2.58. The third-order valence-corrected chi connectivity index (χ3v) is 4.77. The first-order chi connectivity index (χ1) is 14.5. The Labute approximate surface area is 182 Å². The second-order valence-corrected chi connectivity index (χ2v) is 7.96. The van der Waals surface area contributed by atoms with Crippen LogP contribution in [0.25, 0.3) is 0 Å². The van der Waals surface area contributed by atoms with Crippen molar-refractivity contribution in [2.24, 2.45) is 17.6 Å². The monoisotopic (exact) mass is 443 g/mol. The predicted molar refractivity (Wildman–Crippen MR) is 112 cm³/mol. The molecule has 0 aliphatic carbocycles. The van der Waals surface area contributed by atoms with Gasteiger partial charge in [-0.1, -0.05) is 34.1 Å². The summed E-state index contributed by atoms with van der Waals surface area (Å²) in [6.45, 7) is 6.67. The van der Waals surface area contributed by atoms with Gasteiger partial charge in [-0.2, -0.15) is 0 Å². The highest BCUT2D eigenvalue weighted by molar-refractivity contribution is 5.93. The number of carbonyl (C=O) groups excluding carboxylic acids is 4. The lowest BCUT2D eigenvalue weighted by molar-refractivity contribution is -0.137. The topological polar surface area (TPSA) is 188 Å². The van der Waals surface area contributed by atoms with E-state index in [1.54, 1.807) is 13.2 Å². The number of aliphatic carboxylic acids is 1. The molecule has 31 heavy (non-hydrogen) atoms. The molecule has 0 saturated carbocycles. The van der Waals surface area contributed by atoms with Crippen LogP contribution in [0.5, 0.6) is 0 Å². The average molecular weight is 444 g/mol. The first-order valence-electron chi connectivity index (χ1n) is 10.3. The molecule has 11 heteroatoms. The van der Waals surface area contributed by atoms with Crippen LogP contribution in [0.3, 0.4) is 0 Å². The van der Waals surface area contributed by atoms with E-state index in [1.807, 2.05) is 20.8 Å². The molecule has 177 valence electrons. The number of aliphatic hydroxyl groups excluding tert-OH is 1. The van der Waals surface area contributed by atoms with Crippen LogP contribution in [0.1, 0.15) is 53.4 Å². The summed E-state index contributed by atoms with van der Waals surface area (Å²) in [5, 5.41) is 25.3. The molecule has 0 unspecified atom stereocenters. The zero-order chi connectivity index (χ0) is 24.1. The zero-order valence-corrected chi connectivity index (χ0v) is 18.5. The summed E-state index contributed by atoms with van der Waals surface area (Å²) in [4.78, 5) is 59.4. The Morgan fingerprint density at radius 3 is 2.06 bits per heavy atom. The summed E-state index contributed by atoms with van der Waals surface area (Å²) in [5.74, 6) is -3.35. The van der Waals surface area contributed by atoms with Gasteiger partial charge in [0.1, 0.15) is 18.1 Å². The Morgan fingerprint density at radius 2 is 1.61 bits per heavy atom. The van der Waals surface area contributed by atoms with Crippen LogP contribution in [-0.2, 0) is 24.0 Å². The Balaban J connectivity index is 5.40. The molecule has 11 nitrogen and oxygen atoms in total. The van der Waals surface area contributed by atoms with E-state index in [9.17, 15) is 24.0 Å². The molecule has 0 saturated heterocycles. The summed E-state index contributed by atoms with van der Waals surface area (Å²) in [7, 11) is 0. The molecule has 0 aromatic rings. The van der Waals surface area contributed by atoms with Gasteiger partial charge in [0.15, 0.2) is 0 Å². The molecule has 0 heterocycles. The standard InChI is InChI=1S/C20H35N4O7/c1-5-12(4)17(20(31)22-13(9-25)6-7-16(27)28)24-19(30)15(8-11(2)3)23-18(29)14(21)10-26/h11-15,17,26H,5-8,10,21H2,1-4H3,(H,22,31)(H,23,29)(H,24,30)(H,27,28)/t12-,13-,14-,15-,17-/m0/s1. The molecule has 0 aliphatic rings. The minimum absolute atomic E-state index is 0.0299. The van der Waals surface area contributed by atoms with Gasteiger partial charge in [-0.25, -0.2) is 0 Å². The average Bonchev–Trinajstić information content (AvgIpc) is 2.72. The molecule has 0 aliphatic heterocycles. The second-order valence-electron chi connectivity index (χ2n) is 7.96. The SMILES string of the molecule is CC[C@H](C)[C@H](NC(=O)[C@H](CC(C)C)NC(=O)[C@@H](N)CO)C(=O)N[C@H]([C]=O)CCC(=O)O. The van der Waals surface area contributed by atoms with Crippen LogP contribution in [0.2, 0.25) is 0 Å². The number of hydrogen-bond donors (Lipinski definition) is 6. The summed E-state index contributed by atoms with van der Waals surface area (Å²) in [6, 6.07) is -4.31. The van der Waals surface area contributed by atoms with Crippen molar-refractivity contribution < 1.29 is 34.2 Å². The van der Waals surface area contributed by atoms with Crippen molar-refractivity contribution in [1.29, 1.82) is 0 Å². The number of nitrogens with two attached hydrogens (primary N) is 1. The van der Waals surface area contributed by atoms with E-state index in [0.29, 0.717) is 6.42 Å². The molecule has 0 aromatic heterocycles. The summed E-state index contributed by atoms with van der Waals surface area (Å²) in [5.41, 5.74) is 5.50. The third kappa shape index (κ3) is 10.9. The van der Waals surface area contributed by atoms with Crippen LogP contribution < -0.4 is 21.7 Å². The van der Waals surface area contributed by atoms with Crippen molar-refractivity contribution in [1.82, 2.24) is 16.0 Å². The highest BCUT2D eigenvalue weighted by Crippen LogP contribution is 2.11. The fraction of sp³-hybridized carbons (Fsp3) is 0.750. The van der Waals surface area contributed by atoms with Gasteiger partial charge in [0.2, 0.25) is 24.0 Å². The number of nitrogens with one attached hydrogen (secondary N) is 3. The highest BCUT2D eigenvalue weighted by atomic mass is 16.4. The Bertz CT molecular complexity index is 627. The van der Waals surface area contributed by atoms with Crippen LogP contribution in [0.4, 0.5) is 0 Å². The van der Waals surface area contributed by atoms with E-state index in [0.717, 1.165) is 0 Å². The van der Waals surface area contributed by atoms with Gasteiger partial charge in [0.05, 0.1) is 12.6 Å². The second kappa shape index (κ2) is 14.5. The molecular formula is C20H35N4O7. The molecule has 7 N–H and O–H groups in total. The molecule has 0 bridgehead atoms. The Morgan fingerprint density at radius 1 is 1.00 bits per heavy atom. The molecule has 3 amide bonds. The third-order valence-electron chi connectivity index (χ3n) is 4.77. The largest absolute Gasteiger partial charge is 0.481 e. The maximum absolute atomic E-state index is 12.9. The van der Waals surface area contributed by atoms with Gasteiger partial charge in [-0.05, 0) is 24.7 Å². The van der Waals surface area contributed by atoms with E-state index in [-0.39, 0.29) is 31.1 Å². The van der Waals surface area contributed by atoms with E-state index < -0.39 is 54.5 Å². The maximum Gasteiger partial charge on any atom is 0.303 e. The van der Waals surface area contributed by atoms with Crippen molar-refractivity contribution >= 4 is 30.0 Å². The van der Waals surface area contributed by atoms with Crippen molar-refractivity contribution in [2.75, 3.05) is 6.61 Å². The van der Waals surface area contributed by atoms with E-state index in [4.69, 9.17) is 15.9 Å². The molecule has 0 spiro atoms. The van der Waals surface area contributed by atoms with Crippen LogP contribution in [-0.4, -0.2) is 71.0 Å². The number of carboxylic acid groups (broad SMARTS) is 1. The van der Waals surface area contributed by atoms with Gasteiger partial charge in [-0.3, -0.25) is 24.0 Å². The van der Waals surface area contributed by atoms with Gasteiger partial charge in [0, 0.05) is 6.42 Å². The van der Waals surface area contributed by atoms with Crippen LogP contribution in [0, 0.1) is 11.8 Å². The summed E-state index contributed by atoms with van der Waals surface area (Å²) in [6.07, 6.45) is 1.94. The molecule has 1 radical (unpaired) electrons. The normalized spacial score (nSPS) is 15.8. The predicted octanol–water partition coefficient (Wildman–Crippen LogP) is -1.17. The van der Waals surface area contributed by atoms with Gasteiger partial charge < -0.3 is 31.9 Å². The quantitative estimate of drug-likeness (QED) is 0.182. The summed E-state index contributed by atoms with van der Waals surface area (Å²) < 4.78 is 0. The lowest BCUT2D eigenvalue weighted by atomic mass is 9.96. The van der Waals surface area contributed by atoms with Crippen molar-refractivity contribution in [3.8, 4) is 0 Å². The Kier molecular flexibility index (Phi) is 13.3. The smallest absolute Gasteiger partial charge is 0.303 e. The van der Waals surface area contributed by atoms with E-state index >= 15 is 0 Å². The minimum Gasteiger partial charge on any atom is -0.481 e. The summed E-state index contributed by atoms with van der Waals surface area (Å²) >= 11 is 0. The first kappa shape index (κ1) is 28.5. The van der Waals surface area contributed by atoms with Gasteiger partial charge in [-0.15, -0.1) is 0 Å². The van der Waals surface area contributed by atoms with Crippen LogP contribution in [0.15, 0.2) is 0 Å². The van der Waals surface area contributed by atoms with E-state index in [2.05, 4.69) is 16.0 Å². The van der Waals surface area contributed by atoms with Crippen molar-refractivity contribution in [2.45, 2.75) is 77.5 Å².